The van der Waals surface area contributed by atoms with Gasteiger partial charge >= 0.3 is 5.97 Å². The molecule has 0 N–H and O–H groups in total. The molecule has 1 unspecified atom stereocenters. The van der Waals surface area contributed by atoms with Gasteiger partial charge in [0.05, 0.1) is 0 Å². The molecule has 0 saturated heterocycles. The topological polar surface area (TPSA) is 29.5 Å². The Balaban J connectivity index is 2.65. The van der Waals surface area contributed by atoms with Gasteiger partial charge in [-0.3, -0.25) is 9.69 Å². The second kappa shape index (κ2) is 6.15. The van der Waals surface area contributed by atoms with Crippen molar-refractivity contribution < 1.29 is 13.9 Å². The molecule has 0 heterocycles. The Hall–Kier alpha value is -1.42. The number of halogens is 1. The molecule has 0 spiro atoms. The van der Waals surface area contributed by atoms with Crippen LogP contribution in [0.15, 0.2) is 24.3 Å². The highest BCUT2D eigenvalue weighted by molar-refractivity contribution is 5.75. The fraction of sp³-hybridized carbons (Fsp3) is 0.533. The number of carbonyl (C=O) groups excluding carboxylic acids is 1. The van der Waals surface area contributed by atoms with Crippen LogP contribution in [0.5, 0.6) is 0 Å². The summed E-state index contributed by atoms with van der Waals surface area (Å²) in [4.78, 5) is 13.7. The zero-order valence-electron chi connectivity index (χ0n) is 12.2. The molecule has 1 rings (SSSR count). The number of carbonyl (C=O) groups is 1. The van der Waals surface area contributed by atoms with Crippen LogP contribution >= 0.6 is 0 Å². The number of rotatable bonds is 4. The van der Waals surface area contributed by atoms with Crippen LogP contribution < -0.4 is 0 Å². The predicted octanol–water partition coefficient (Wildman–Crippen LogP) is 2.99. The van der Waals surface area contributed by atoms with E-state index < -0.39 is 11.6 Å². The van der Waals surface area contributed by atoms with Gasteiger partial charge in [-0.05, 0) is 40.8 Å². The second-order valence-corrected chi connectivity index (χ2v) is 5.72. The molecule has 0 aliphatic rings. The molecular weight excluding hydrogens is 245 g/mol. The number of likely N-dealkylation sites (N-methyl/N-ethyl adjacent to an activating group) is 1. The maximum atomic E-state index is 13.5. The predicted molar refractivity (Wildman–Crippen MR) is 73.2 cm³/mol. The van der Waals surface area contributed by atoms with E-state index in [0.717, 1.165) is 0 Å². The molecule has 0 bridgehead atoms. The molecular formula is C15H22FNO2. The van der Waals surface area contributed by atoms with Crippen LogP contribution in [0.4, 0.5) is 4.39 Å². The molecule has 1 aromatic carbocycles. The van der Waals surface area contributed by atoms with Gasteiger partial charge in [0.25, 0.3) is 0 Å². The summed E-state index contributed by atoms with van der Waals surface area (Å²) in [7, 11) is 1.78. The number of nitrogens with zero attached hydrogens (tertiary/aromatic N) is 1. The van der Waals surface area contributed by atoms with Crippen molar-refractivity contribution in [3.63, 3.8) is 0 Å². The minimum atomic E-state index is -0.510. The summed E-state index contributed by atoms with van der Waals surface area (Å²) < 4.78 is 18.9. The lowest BCUT2D eigenvalue weighted by molar-refractivity contribution is -0.160. The van der Waals surface area contributed by atoms with Crippen LogP contribution in [-0.4, -0.2) is 29.6 Å². The smallest absolute Gasteiger partial charge is 0.323 e. The molecule has 3 nitrogen and oxygen atoms in total. The van der Waals surface area contributed by atoms with Gasteiger partial charge in [0.1, 0.15) is 17.5 Å². The number of esters is 1. The minimum absolute atomic E-state index is 0.259. The van der Waals surface area contributed by atoms with E-state index in [0.29, 0.717) is 12.1 Å². The van der Waals surface area contributed by atoms with Gasteiger partial charge in [-0.2, -0.15) is 0 Å². The van der Waals surface area contributed by atoms with Crippen molar-refractivity contribution in [3.8, 4) is 0 Å². The van der Waals surface area contributed by atoms with Gasteiger partial charge in [0.2, 0.25) is 0 Å². The average Bonchev–Trinajstić information content (AvgIpc) is 2.28. The first-order chi connectivity index (χ1) is 8.70. The normalized spacial score (nSPS) is 13.4. The summed E-state index contributed by atoms with van der Waals surface area (Å²) in [6, 6.07) is 6.15. The van der Waals surface area contributed by atoms with Crippen LogP contribution in [-0.2, 0) is 16.1 Å². The lowest BCUT2D eigenvalue weighted by atomic mass is 10.1. The molecule has 0 saturated carbocycles. The summed E-state index contributed by atoms with van der Waals surface area (Å²) in [5.74, 6) is -0.558. The molecule has 0 aromatic heterocycles. The van der Waals surface area contributed by atoms with Gasteiger partial charge in [0, 0.05) is 12.1 Å². The van der Waals surface area contributed by atoms with Gasteiger partial charge in [0.15, 0.2) is 0 Å². The molecule has 0 amide bonds. The van der Waals surface area contributed by atoms with E-state index in [1.807, 2.05) is 20.8 Å². The number of benzene rings is 1. The zero-order valence-corrected chi connectivity index (χ0v) is 12.2. The van der Waals surface area contributed by atoms with Crippen LogP contribution in [0.2, 0.25) is 0 Å². The number of ether oxygens (including phenoxy) is 1. The Labute approximate surface area is 114 Å². The molecule has 1 atom stereocenters. The molecule has 19 heavy (non-hydrogen) atoms. The molecule has 0 fully saturated rings. The molecule has 106 valence electrons. The van der Waals surface area contributed by atoms with Gasteiger partial charge in [-0.15, -0.1) is 0 Å². The average molecular weight is 267 g/mol. The number of hydrogen-bond donors (Lipinski definition) is 0. The fourth-order valence-corrected chi connectivity index (χ4v) is 1.60. The van der Waals surface area contributed by atoms with Crippen LogP contribution in [0.3, 0.4) is 0 Å². The van der Waals surface area contributed by atoms with Crippen molar-refractivity contribution in [2.24, 2.45) is 0 Å². The third-order valence-electron chi connectivity index (χ3n) is 2.79. The summed E-state index contributed by atoms with van der Waals surface area (Å²) in [6.45, 7) is 7.61. The maximum absolute atomic E-state index is 13.5. The van der Waals surface area contributed by atoms with Gasteiger partial charge in [-0.1, -0.05) is 18.2 Å². The highest BCUT2D eigenvalue weighted by Crippen LogP contribution is 2.14. The Kier molecular flexibility index (Phi) is 5.06. The minimum Gasteiger partial charge on any atom is -0.459 e. The van der Waals surface area contributed by atoms with E-state index in [-0.39, 0.29) is 11.8 Å². The standard InChI is InChI=1S/C15H22FNO2/c1-11(14(18)19-15(2,3)4)17(5)10-12-8-6-7-9-13(12)16/h6-9,11H,10H2,1-5H3. The van der Waals surface area contributed by atoms with Crippen molar-refractivity contribution in [3.05, 3.63) is 35.6 Å². The second-order valence-electron chi connectivity index (χ2n) is 5.72. The highest BCUT2D eigenvalue weighted by atomic mass is 19.1. The van der Waals surface area contributed by atoms with E-state index in [1.165, 1.54) is 6.07 Å². The van der Waals surface area contributed by atoms with E-state index in [2.05, 4.69) is 0 Å². The molecule has 0 aliphatic heterocycles. The molecule has 0 radical (unpaired) electrons. The van der Waals surface area contributed by atoms with Gasteiger partial charge in [-0.25, -0.2) is 4.39 Å². The quantitative estimate of drug-likeness (QED) is 0.785. The van der Waals surface area contributed by atoms with Crippen molar-refractivity contribution in [1.29, 1.82) is 0 Å². The van der Waals surface area contributed by atoms with Crippen LogP contribution in [0.25, 0.3) is 0 Å². The Morgan fingerprint density at radius 1 is 1.37 bits per heavy atom. The first kappa shape index (κ1) is 15.6. The third kappa shape index (κ3) is 4.99. The molecule has 1 aromatic rings. The fourth-order valence-electron chi connectivity index (χ4n) is 1.60. The Morgan fingerprint density at radius 2 is 1.95 bits per heavy atom. The van der Waals surface area contributed by atoms with E-state index in [4.69, 9.17) is 4.74 Å². The zero-order chi connectivity index (χ0) is 14.6. The Bertz CT molecular complexity index is 440. The van der Waals surface area contributed by atoms with Crippen molar-refractivity contribution in [2.45, 2.75) is 45.9 Å². The summed E-state index contributed by atoms with van der Waals surface area (Å²) in [6.07, 6.45) is 0. The maximum Gasteiger partial charge on any atom is 0.323 e. The first-order valence-electron chi connectivity index (χ1n) is 6.37. The largest absolute Gasteiger partial charge is 0.459 e. The monoisotopic (exact) mass is 267 g/mol. The van der Waals surface area contributed by atoms with Crippen LogP contribution in [0.1, 0.15) is 33.3 Å². The van der Waals surface area contributed by atoms with E-state index in [1.54, 1.807) is 37.1 Å². The SMILES string of the molecule is CC(C(=O)OC(C)(C)C)N(C)Cc1ccccc1F. The van der Waals surface area contributed by atoms with Crippen molar-refractivity contribution in [1.82, 2.24) is 4.90 Å². The summed E-state index contributed by atoms with van der Waals surface area (Å²) >= 11 is 0. The Morgan fingerprint density at radius 3 is 2.47 bits per heavy atom. The van der Waals surface area contributed by atoms with E-state index >= 15 is 0 Å². The summed E-state index contributed by atoms with van der Waals surface area (Å²) in [5.41, 5.74) is 0.0601. The summed E-state index contributed by atoms with van der Waals surface area (Å²) in [5, 5.41) is 0. The van der Waals surface area contributed by atoms with E-state index in [9.17, 15) is 9.18 Å². The first-order valence-corrected chi connectivity index (χ1v) is 6.37. The van der Waals surface area contributed by atoms with Crippen molar-refractivity contribution >= 4 is 5.97 Å². The molecule has 4 heteroatoms. The molecule has 0 aliphatic carbocycles. The number of hydrogen-bond acceptors (Lipinski definition) is 3. The van der Waals surface area contributed by atoms with Crippen LogP contribution in [0, 0.1) is 5.82 Å². The highest BCUT2D eigenvalue weighted by Gasteiger charge is 2.25. The lowest BCUT2D eigenvalue weighted by Crippen LogP contribution is -2.40. The lowest BCUT2D eigenvalue weighted by Gasteiger charge is -2.27. The van der Waals surface area contributed by atoms with Crippen molar-refractivity contribution in [2.75, 3.05) is 7.05 Å². The third-order valence-corrected chi connectivity index (χ3v) is 2.79. The van der Waals surface area contributed by atoms with Gasteiger partial charge < -0.3 is 4.74 Å².